The average Bonchev–Trinajstić information content (AvgIpc) is 2.66. The fraction of sp³-hybridized carbons (Fsp3) is 0.917. The van der Waals surface area contributed by atoms with Crippen LogP contribution in [0.4, 0.5) is 0 Å². The van der Waals surface area contributed by atoms with Crippen LogP contribution in [0.1, 0.15) is 38.5 Å². The molecule has 84 valence electrons. The van der Waals surface area contributed by atoms with Gasteiger partial charge in [0.05, 0.1) is 11.5 Å². The summed E-state index contributed by atoms with van der Waals surface area (Å²) in [7, 11) is 1.73. The third-order valence-electron chi connectivity index (χ3n) is 4.76. The SMILES string of the molecule is COC1[C@]23CCCCCC[C@]12C(=O)OC3. The summed E-state index contributed by atoms with van der Waals surface area (Å²) in [4.78, 5) is 11.9. The fourth-order valence-electron chi connectivity index (χ4n) is 3.99. The average molecular weight is 210 g/mol. The van der Waals surface area contributed by atoms with Gasteiger partial charge in [0.2, 0.25) is 0 Å². The Kier molecular flexibility index (Phi) is 1.91. The molecule has 15 heavy (non-hydrogen) atoms. The predicted molar refractivity (Wildman–Crippen MR) is 54.3 cm³/mol. The van der Waals surface area contributed by atoms with Crippen LogP contribution >= 0.6 is 0 Å². The molecule has 3 aliphatic rings. The highest BCUT2D eigenvalue weighted by molar-refractivity contribution is 5.86. The van der Waals surface area contributed by atoms with Gasteiger partial charge in [-0.25, -0.2) is 0 Å². The van der Waals surface area contributed by atoms with E-state index in [2.05, 4.69) is 0 Å². The van der Waals surface area contributed by atoms with E-state index in [4.69, 9.17) is 9.47 Å². The third-order valence-corrected chi connectivity index (χ3v) is 4.76. The number of esters is 1. The first kappa shape index (κ1) is 9.64. The lowest BCUT2D eigenvalue weighted by molar-refractivity contribution is -0.148. The van der Waals surface area contributed by atoms with Gasteiger partial charge in [-0.1, -0.05) is 25.7 Å². The van der Waals surface area contributed by atoms with Crippen LogP contribution in [-0.4, -0.2) is 25.8 Å². The zero-order valence-electron chi connectivity index (χ0n) is 9.25. The monoisotopic (exact) mass is 210 g/mol. The number of carbonyl (C=O) groups is 1. The van der Waals surface area contributed by atoms with Gasteiger partial charge in [-0.05, 0) is 12.8 Å². The van der Waals surface area contributed by atoms with E-state index in [1.54, 1.807) is 7.11 Å². The molecule has 3 fully saturated rings. The Bertz CT molecular complexity index is 301. The van der Waals surface area contributed by atoms with Crippen molar-refractivity contribution in [3.05, 3.63) is 0 Å². The van der Waals surface area contributed by atoms with Gasteiger partial charge in [0.1, 0.15) is 12.0 Å². The predicted octanol–water partition coefficient (Wildman–Crippen LogP) is 1.90. The number of rotatable bonds is 1. The molecule has 0 bridgehead atoms. The molecule has 3 nitrogen and oxygen atoms in total. The maximum atomic E-state index is 11.9. The Balaban J connectivity index is 1.95. The minimum Gasteiger partial charge on any atom is -0.464 e. The van der Waals surface area contributed by atoms with E-state index in [1.807, 2.05) is 0 Å². The lowest BCUT2D eigenvalue weighted by atomic mass is 9.84. The van der Waals surface area contributed by atoms with Crippen molar-refractivity contribution in [1.29, 1.82) is 0 Å². The summed E-state index contributed by atoms with van der Waals surface area (Å²) in [6.45, 7) is 0.602. The quantitative estimate of drug-likeness (QED) is 0.620. The number of hydrogen-bond acceptors (Lipinski definition) is 3. The summed E-state index contributed by atoms with van der Waals surface area (Å²) >= 11 is 0. The van der Waals surface area contributed by atoms with Gasteiger partial charge in [0.15, 0.2) is 0 Å². The summed E-state index contributed by atoms with van der Waals surface area (Å²) in [5, 5.41) is 0. The topological polar surface area (TPSA) is 35.5 Å². The molecule has 3 heteroatoms. The van der Waals surface area contributed by atoms with Gasteiger partial charge in [-0.3, -0.25) is 4.79 Å². The molecular weight excluding hydrogens is 192 g/mol. The van der Waals surface area contributed by atoms with Gasteiger partial charge >= 0.3 is 5.97 Å². The van der Waals surface area contributed by atoms with Crippen LogP contribution in [0.25, 0.3) is 0 Å². The van der Waals surface area contributed by atoms with Crippen LogP contribution in [0.2, 0.25) is 0 Å². The molecule has 0 amide bonds. The maximum Gasteiger partial charge on any atom is 0.315 e. The van der Waals surface area contributed by atoms with Gasteiger partial charge in [-0.15, -0.1) is 0 Å². The van der Waals surface area contributed by atoms with Gasteiger partial charge in [0, 0.05) is 7.11 Å². The van der Waals surface area contributed by atoms with E-state index in [0.29, 0.717) is 6.61 Å². The first-order valence-electron chi connectivity index (χ1n) is 5.98. The summed E-state index contributed by atoms with van der Waals surface area (Å²) in [6.07, 6.45) is 7.14. The molecule has 0 N–H and O–H groups in total. The normalized spacial score (nSPS) is 48.6. The highest BCUT2D eigenvalue weighted by Crippen LogP contribution is 2.74. The first-order chi connectivity index (χ1) is 7.28. The van der Waals surface area contributed by atoms with Crippen molar-refractivity contribution < 1.29 is 14.3 Å². The number of carbonyl (C=O) groups excluding carboxylic acids is 1. The lowest BCUT2D eigenvalue weighted by Crippen LogP contribution is -2.21. The summed E-state index contributed by atoms with van der Waals surface area (Å²) < 4.78 is 10.8. The molecular formula is C12H18O3. The number of methoxy groups -OCH3 is 1. The molecule has 1 saturated heterocycles. The van der Waals surface area contributed by atoms with E-state index < -0.39 is 0 Å². The summed E-state index contributed by atoms with van der Waals surface area (Å²) in [6, 6.07) is 0. The van der Waals surface area contributed by atoms with Crippen LogP contribution in [0.15, 0.2) is 0 Å². The van der Waals surface area contributed by atoms with Gasteiger partial charge in [0.25, 0.3) is 0 Å². The van der Waals surface area contributed by atoms with Gasteiger partial charge in [-0.2, -0.15) is 0 Å². The van der Waals surface area contributed by atoms with Crippen LogP contribution in [0, 0.1) is 10.8 Å². The molecule has 0 radical (unpaired) electrons. The fourth-order valence-corrected chi connectivity index (χ4v) is 3.99. The van der Waals surface area contributed by atoms with Crippen molar-refractivity contribution in [2.75, 3.05) is 13.7 Å². The molecule has 2 saturated carbocycles. The molecule has 3 atom stereocenters. The molecule has 0 aromatic rings. The van der Waals surface area contributed by atoms with E-state index >= 15 is 0 Å². The highest BCUT2D eigenvalue weighted by Gasteiger charge is 2.84. The Hall–Kier alpha value is -0.570. The Labute approximate surface area is 90.1 Å². The molecule has 3 rings (SSSR count). The smallest absolute Gasteiger partial charge is 0.315 e. The number of hydrogen-bond donors (Lipinski definition) is 0. The first-order valence-corrected chi connectivity index (χ1v) is 5.98. The molecule has 0 aromatic heterocycles. The zero-order chi connectivity index (χ0) is 10.5. The second kappa shape index (κ2) is 2.97. The Morgan fingerprint density at radius 2 is 2.00 bits per heavy atom. The second-order valence-electron chi connectivity index (χ2n) is 5.23. The largest absolute Gasteiger partial charge is 0.464 e. The second-order valence-corrected chi connectivity index (χ2v) is 5.23. The Morgan fingerprint density at radius 1 is 1.27 bits per heavy atom. The van der Waals surface area contributed by atoms with E-state index in [9.17, 15) is 4.79 Å². The van der Waals surface area contributed by atoms with Crippen molar-refractivity contribution in [3.8, 4) is 0 Å². The van der Waals surface area contributed by atoms with Crippen molar-refractivity contribution in [2.45, 2.75) is 44.6 Å². The molecule has 0 aromatic carbocycles. The zero-order valence-corrected chi connectivity index (χ0v) is 9.25. The summed E-state index contributed by atoms with van der Waals surface area (Å²) in [5.41, 5.74) is -0.193. The van der Waals surface area contributed by atoms with Gasteiger partial charge < -0.3 is 9.47 Å². The van der Waals surface area contributed by atoms with Crippen molar-refractivity contribution >= 4 is 5.97 Å². The van der Waals surface area contributed by atoms with E-state index in [0.717, 1.165) is 19.3 Å². The van der Waals surface area contributed by atoms with Crippen molar-refractivity contribution in [3.63, 3.8) is 0 Å². The van der Waals surface area contributed by atoms with Crippen LogP contribution < -0.4 is 0 Å². The summed E-state index contributed by atoms with van der Waals surface area (Å²) in [5.74, 6) is 0.0104. The molecule has 0 spiro atoms. The van der Waals surface area contributed by atoms with E-state index in [-0.39, 0.29) is 22.9 Å². The molecule has 2 aliphatic carbocycles. The van der Waals surface area contributed by atoms with Crippen molar-refractivity contribution in [1.82, 2.24) is 0 Å². The number of ether oxygens (including phenoxy) is 2. The van der Waals surface area contributed by atoms with Crippen LogP contribution in [0.5, 0.6) is 0 Å². The Morgan fingerprint density at radius 3 is 2.73 bits per heavy atom. The minimum absolute atomic E-state index is 0.0104. The highest BCUT2D eigenvalue weighted by atomic mass is 16.6. The maximum absolute atomic E-state index is 11.9. The molecule has 1 aliphatic heterocycles. The lowest BCUT2D eigenvalue weighted by Gasteiger charge is -2.15. The minimum atomic E-state index is -0.248. The number of cyclic esters (lactones) is 1. The van der Waals surface area contributed by atoms with Crippen LogP contribution in [-0.2, 0) is 14.3 Å². The third kappa shape index (κ3) is 0.930. The molecule has 1 unspecified atom stereocenters. The molecule has 1 heterocycles. The van der Waals surface area contributed by atoms with Crippen LogP contribution in [0.3, 0.4) is 0 Å². The van der Waals surface area contributed by atoms with E-state index in [1.165, 1.54) is 19.3 Å². The standard InChI is InChI=1S/C12H18O3/c1-14-9-11-6-4-2-3-5-7-12(9,11)10(13)15-8-11/h9H,2-8H2,1H3/t9?,11-,12-/m1/s1. The van der Waals surface area contributed by atoms with Crippen molar-refractivity contribution in [2.24, 2.45) is 10.8 Å².